The molecule has 10 heteroatoms. The Morgan fingerprint density at radius 3 is 2.61 bits per heavy atom. The van der Waals surface area contributed by atoms with Crippen molar-refractivity contribution < 1.29 is 4.52 Å². The van der Waals surface area contributed by atoms with Crippen LogP contribution in [0.2, 0.25) is 5.02 Å². The number of nitriles is 1. The molecule has 1 N–H and O–H groups in total. The average Bonchev–Trinajstić information content (AvgIpc) is 3.38. The molecule has 3 aromatic rings. The monoisotopic (exact) mass is 464 g/mol. The minimum absolute atomic E-state index is 0.237. The number of fused-ring (bicyclic) bond motifs is 2. The summed E-state index contributed by atoms with van der Waals surface area (Å²) in [5.74, 6) is 2.58. The summed E-state index contributed by atoms with van der Waals surface area (Å²) in [6, 6.07) is 8.47. The molecule has 2 aliphatic heterocycles. The standard InChI is InChI=1S/C23H25ClN8O/c1-13(2)20-29-23(33-30-20)32-16-5-6-17(32)11-31(10-16)22-14(3)21(26-12-27-22)28-19-7-4-15(9-25)8-18(19)24/h4,7-8,12-13,16-17H,5-6,10-11H2,1-3H3,(H,26,27,28). The number of hydrogen-bond donors (Lipinski definition) is 1. The van der Waals surface area contributed by atoms with E-state index in [9.17, 15) is 0 Å². The molecule has 2 aromatic heterocycles. The van der Waals surface area contributed by atoms with Crippen molar-refractivity contribution in [2.24, 2.45) is 0 Å². The molecular weight excluding hydrogens is 440 g/mol. The van der Waals surface area contributed by atoms with Gasteiger partial charge in [0.1, 0.15) is 18.0 Å². The van der Waals surface area contributed by atoms with E-state index in [1.807, 2.05) is 6.92 Å². The van der Waals surface area contributed by atoms with Gasteiger partial charge in [-0.2, -0.15) is 10.2 Å². The second-order valence-corrected chi connectivity index (χ2v) is 9.30. The van der Waals surface area contributed by atoms with E-state index >= 15 is 0 Å². The molecule has 2 bridgehead atoms. The van der Waals surface area contributed by atoms with Crippen molar-refractivity contribution in [2.45, 2.75) is 51.6 Å². The molecule has 5 rings (SSSR count). The van der Waals surface area contributed by atoms with Crippen molar-refractivity contribution in [3.63, 3.8) is 0 Å². The average molecular weight is 465 g/mol. The maximum atomic E-state index is 9.06. The van der Waals surface area contributed by atoms with Crippen LogP contribution in [0.15, 0.2) is 29.0 Å². The fourth-order valence-electron chi connectivity index (χ4n) is 4.65. The van der Waals surface area contributed by atoms with E-state index in [0.29, 0.717) is 40.2 Å². The van der Waals surface area contributed by atoms with Crippen molar-refractivity contribution in [3.05, 3.63) is 46.5 Å². The SMILES string of the molecule is Cc1c(Nc2ccc(C#N)cc2Cl)ncnc1N1CC2CCC(C1)N2c1nc(C(C)C)no1. The first-order valence-electron chi connectivity index (χ1n) is 11.1. The number of benzene rings is 1. The van der Waals surface area contributed by atoms with Crippen molar-refractivity contribution in [3.8, 4) is 6.07 Å². The molecule has 33 heavy (non-hydrogen) atoms. The summed E-state index contributed by atoms with van der Waals surface area (Å²) in [5.41, 5.74) is 2.16. The van der Waals surface area contributed by atoms with Gasteiger partial charge in [-0.05, 0) is 38.0 Å². The van der Waals surface area contributed by atoms with Crippen LogP contribution in [0.1, 0.15) is 49.6 Å². The highest BCUT2D eigenvalue weighted by atomic mass is 35.5. The Kier molecular flexibility index (Phi) is 5.54. The van der Waals surface area contributed by atoms with Crippen molar-refractivity contribution in [1.82, 2.24) is 20.1 Å². The molecular formula is C23H25ClN8O. The minimum Gasteiger partial charge on any atom is -0.352 e. The summed E-state index contributed by atoms with van der Waals surface area (Å²) in [6.07, 6.45) is 3.73. The second kappa shape index (κ2) is 8.52. The van der Waals surface area contributed by atoms with Crippen LogP contribution in [0.3, 0.4) is 0 Å². The summed E-state index contributed by atoms with van der Waals surface area (Å²) < 4.78 is 5.60. The molecule has 1 aromatic carbocycles. The molecule has 9 nitrogen and oxygen atoms in total. The first-order valence-corrected chi connectivity index (χ1v) is 11.5. The number of hydrogen-bond acceptors (Lipinski definition) is 9. The zero-order chi connectivity index (χ0) is 23.1. The van der Waals surface area contributed by atoms with E-state index in [1.165, 1.54) is 0 Å². The van der Waals surface area contributed by atoms with E-state index in [1.54, 1.807) is 24.5 Å². The molecule has 0 amide bonds. The normalized spacial score (nSPS) is 19.8. The Morgan fingerprint density at radius 1 is 1.21 bits per heavy atom. The van der Waals surface area contributed by atoms with Gasteiger partial charge in [0.05, 0.1) is 34.4 Å². The predicted molar refractivity (Wildman–Crippen MR) is 126 cm³/mol. The zero-order valence-corrected chi connectivity index (χ0v) is 19.5. The summed E-state index contributed by atoms with van der Waals surface area (Å²) in [6.45, 7) is 7.79. The van der Waals surface area contributed by atoms with Crippen molar-refractivity contribution >= 4 is 34.9 Å². The minimum atomic E-state index is 0.237. The highest BCUT2D eigenvalue weighted by Crippen LogP contribution is 2.37. The lowest BCUT2D eigenvalue weighted by atomic mass is 10.1. The molecule has 170 valence electrons. The Balaban J connectivity index is 1.36. The van der Waals surface area contributed by atoms with Crippen LogP contribution in [-0.2, 0) is 0 Å². The predicted octanol–water partition coefficient (Wildman–Crippen LogP) is 4.42. The van der Waals surface area contributed by atoms with E-state index in [4.69, 9.17) is 21.4 Å². The fraction of sp³-hybridized carbons (Fsp3) is 0.435. The van der Waals surface area contributed by atoms with Crippen LogP contribution in [0.5, 0.6) is 0 Å². The van der Waals surface area contributed by atoms with Crippen molar-refractivity contribution in [2.75, 3.05) is 28.2 Å². The first kappa shape index (κ1) is 21.5. The van der Waals surface area contributed by atoms with Crippen LogP contribution in [0, 0.1) is 18.3 Å². The molecule has 2 aliphatic rings. The highest BCUT2D eigenvalue weighted by Gasteiger charge is 2.43. The molecule has 0 aliphatic carbocycles. The van der Waals surface area contributed by atoms with Crippen LogP contribution in [-0.4, -0.2) is 45.3 Å². The van der Waals surface area contributed by atoms with E-state index in [-0.39, 0.29) is 5.92 Å². The fourth-order valence-corrected chi connectivity index (χ4v) is 4.88. The third-order valence-corrected chi connectivity index (χ3v) is 6.67. The summed E-state index contributed by atoms with van der Waals surface area (Å²) >= 11 is 6.35. The number of halogens is 1. The lowest BCUT2D eigenvalue weighted by Gasteiger charge is -2.41. The number of anilines is 4. The first-order chi connectivity index (χ1) is 15.9. The van der Waals surface area contributed by atoms with E-state index in [2.05, 4.69) is 55.1 Å². The Labute approximate surface area is 197 Å². The quantitative estimate of drug-likeness (QED) is 0.587. The molecule has 2 saturated heterocycles. The van der Waals surface area contributed by atoms with Gasteiger partial charge < -0.3 is 19.6 Å². The molecule has 2 unspecified atom stereocenters. The van der Waals surface area contributed by atoms with Crippen LogP contribution in [0.4, 0.5) is 23.3 Å². The van der Waals surface area contributed by atoms with Gasteiger partial charge in [0, 0.05) is 24.6 Å². The van der Waals surface area contributed by atoms with Crippen molar-refractivity contribution in [1.29, 1.82) is 5.26 Å². The third-order valence-electron chi connectivity index (χ3n) is 6.36. The Hall–Kier alpha value is -3.38. The van der Waals surface area contributed by atoms with Gasteiger partial charge in [-0.3, -0.25) is 0 Å². The van der Waals surface area contributed by atoms with Gasteiger partial charge in [-0.25, -0.2) is 9.97 Å². The van der Waals surface area contributed by atoms with E-state index < -0.39 is 0 Å². The molecule has 0 spiro atoms. The lowest BCUT2D eigenvalue weighted by Crippen LogP contribution is -2.54. The van der Waals surface area contributed by atoms with Crippen LogP contribution in [0.25, 0.3) is 0 Å². The largest absolute Gasteiger partial charge is 0.352 e. The summed E-state index contributed by atoms with van der Waals surface area (Å²) in [7, 11) is 0. The topological polar surface area (TPSA) is 107 Å². The molecule has 4 heterocycles. The molecule has 0 saturated carbocycles. The maximum Gasteiger partial charge on any atom is 0.324 e. The van der Waals surface area contributed by atoms with Gasteiger partial charge in [0.25, 0.3) is 0 Å². The van der Waals surface area contributed by atoms with Crippen LogP contribution < -0.4 is 15.1 Å². The number of aromatic nitrogens is 4. The Bertz CT molecular complexity index is 1210. The number of nitrogens with one attached hydrogen (secondary N) is 1. The summed E-state index contributed by atoms with van der Waals surface area (Å²) in [4.78, 5) is 18.3. The number of piperazine rings is 1. The number of rotatable bonds is 5. The van der Waals surface area contributed by atoms with Gasteiger partial charge in [-0.15, -0.1) is 0 Å². The summed E-state index contributed by atoms with van der Waals surface area (Å²) in [5, 5.41) is 17.0. The zero-order valence-electron chi connectivity index (χ0n) is 18.8. The smallest absolute Gasteiger partial charge is 0.324 e. The van der Waals surface area contributed by atoms with Gasteiger partial charge in [0.2, 0.25) is 0 Å². The third kappa shape index (κ3) is 3.95. The van der Waals surface area contributed by atoms with Crippen LogP contribution >= 0.6 is 11.6 Å². The van der Waals surface area contributed by atoms with Gasteiger partial charge in [0.15, 0.2) is 5.82 Å². The Morgan fingerprint density at radius 2 is 1.97 bits per heavy atom. The highest BCUT2D eigenvalue weighted by molar-refractivity contribution is 6.33. The van der Waals surface area contributed by atoms with Gasteiger partial charge in [-0.1, -0.05) is 30.6 Å². The van der Waals surface area contributed by atoms with Gasteiger partial charge >= 0.3 is 6.01 Å². The molecule has 2 fully saturated rings. The number of nitrogens with zero attached hydrogens (tertiary/aromatic N) is 7. The molecule has 0 radical (unpaired) electrons. The lowest BCUT2D eigenvalue weighted by molar-refractivity contribution is 0.382. The second-order valence-electron chi connectivity index (χ2n) is 8.89. The molecule has 2 atom stereocenters. The van der Waals surface area contributed by atoms with E-state index in [0.717, 1.165) is 43.1 Å². The maximum absolute atomic E-state index is 9.06.